The van der Waals surface area contributed by atoms with E-state index in [-0.39, 0.29) is 5.91 Å². The fourth-order valence-corrected chi connectivity index (χ4v) is 2.31. The summed E-state index contributed by atoms with van der Waals surface area (Å²) in [5.41, 5.74) is 0. The highest BCUT2D eigenvalue weighted by molar-refractivity contribution is 5.75. The zero-order valence-electron chi connectivity index (χ0n) is 10.9. The fourth-order valence-electron chi connectivity index (χ4n) is 2.31. The van der Waals surface area contributed by atoms with Gasteiger partial charge in [0.25, 0.3) is 0 Å². The van der Waals surface area contributed by atoms with Gasteiger partial charge in [0.1, 0.15) is 12.2 Å². The Balaban J connectivity index is 1.70. The van der Waals surface area contributed by atoms with Crippen molar-refractivity contribution >= 4 is 5.91 Å². The van der Waals surface area contributed by atoms with Gasteiger partial charge in [0.2, 0.25) is 5.91 Å². The molecule has 0 radical (unpaired) electrons. The van der Waals surface area contributed by atoms with Crippen LogP contribution in [0, 0.1) is 5.92 Å². The lowest BCUT2D eigenvalue weighted by molar-refractivity contribution is -0.130. The molecule has 18 heavy (non-hydrogen) atoms. The van der Waals surface area contributed by atoms with Gasteiger partial charge in [-0.2, -0.15) is 5.10 Å². The first kappa shape index (κ1) is 13.0. The van der Waals surface area contributed by atoms with Crippen LogP contribution in [0.15, 0.2) is 6.33 Å². The lowest BCUT2D eigenvalue weighted by Crippen LogP contribution is -2.30. The van der Waals surface area contributed by atoms with Gasteiger partial charge in [-0.1, -0.05) is 0 Å². The molecule has 1 amide bonds. The smallest absolute Gasteiger partial charge is 0.222 e. The average molecular weight is 251 g/mol. The van der Waals surface area contributed by atoms with Crippen LogP contribution in [-0.2, 0) is 11.3 Å². The molecule has 0 aliphatic carbocycles. The molecular weight excluding hydrogens is 230 g/mol. The molecule has 0 bridgehead atoms. The predicted molar refractivity (Wildman–Crippen MR) is 67.7 cm³/mol. The minimum absolute atomic E-state index is 0.185. The van der Waals surface area contributed by atoms with E-state index in [4.69, 9.17) is 0 Å². The van der Waals surface area contributed by atoms with E-state index in [2.05, 4.69) is 20.5 Å². The highest BCUT2D eigenvalue weighted by atomic mass is 16.2. The summed E-state index contributed by atoms with van der Waals surface area (Å²) in [4.78, 5) is 17.7. The van der Waals surface area contributed by atoms with Crippen LogP contribution in [0.1, 0.15) is 31.5 Å². The highest BCUT2D eigenvalue weighted by Gasteiger charge is 2.16. The quantitative estimate of drug-likeness (QED) is 0.801. The number of hydrogen-bond acceptors (Lipinski definition) is 4. The van der Waals surface area contributed by atoms with Crippen molar-refractivity contribution in [3.63, 3.8) is 0 Å². The number of carbonyl (C=O) groups excluding carboxylic acids is 1. The van der Waals surface area contributed by atoms with Crippen molar-refractivity contribution in [2.45, 2.75) is 32.2 Å². The van der Waals surface area contributed by atoms with Gasteiger partial charge in [0.15, 0.2) is 0 Å². The molecular formula is C12H21N5O. The van der Waals surface area contributed by atoms with E-state index < -0.39 is 0 Å². The first-order chi connectivity index (χ1) is 8.75. The van der Waals surface area contributed by atoms with Crippen LogP contribution in [0.25, 0.3) is 0 Å². The van der Waals surface area contributed by atoms with E-state index in [1.165, 1.54) is 19.2 Å². The molecule has 1 aromatic heterocycles. The Kier molecular flexibility index (Phi) is 4.69. The lowest BCUT2D eigenvalue weighted by atomic mass is 9.93. The van der Waals surface area contributed by atoms with E-state index in [0.29, 0.717) is 18.9 Å². The Morgan fingerprint density at radius 3 is 2.94 bits per heavy atom. The molecule has 0 atom stereocenters. The molecule has 1 aliphatic rings. The monoisotopic (exact) mass is 251 g/mol. The van der Waals surface area contributed by atoms with Crippen LogP contribution < -0.4 is 5.32 Å². The molecule has 2 N–H and O–H groups in total. The second kappa shape index (κ2) is 6.49. The number of hydrogen-bond donors (Lipinski definition) is 2. The van der Waals surface area contributed by atoms with Crippen LogP contribution in [0.2, 0.25) is 0 Å². The number of rotatable bonds is 5. The Hall–Kier alpha value is -1.43. The summed E-state index contributed by atoms with van der Waals surface area (Å²) in [5.74, 6) is 1.62. The Morgan fingerprint density at radius 1 is 1.50 bits per heavy atom. The molecule has 1 aromatic rings. The van der Waals surface area contributed by atoms with Crippen LogP contribution in [0.3, 0.4) is 0 Å². The number of amides is 1. The number of aromatic nitrogens is 3. The van der Waals surface area contributed by atoms with Crippen molar-refractivity contribution < 1.29 is 4.79 Å². The van der Waals surface area contributed by atoms with Gasteiger partial charge < -0.3 is 10.2 Å². The predicted octanol–water partition coefficient (Wildman–Crippen LogP) is 0.543. The number of carbonyl (C=O) groups is 1. The molecule has 0 unspecified atom stereocenters. The topological polar surface area (TPSA) is 73.9 Å². The molecule has 1 saturated heterocycles. The van der Waals surface area contributed by atoms with Gasteiger partial charge in [-0.25, -0.2) is 4.98 Å². The van der Waals surface area contributed by atoms with Crippen LogP contribution in [0.4, 0.5) is 0 Å². The number of nitrogens with zero attached hydrogens (tertiary/aromatic N) is 3. The SMILES string of the molecule is CN(Cc1ncn[nH]1)C(=O)CCC1CCNCC1. The first-order valence-corrected chi connectivity index (χ1v) is 6.54. The maximum Gasteiger partial charge on any atom is 0.222 e. The maximum absolute atomic E-state index is 12.0. The third-order valence-electron chi connectivity index (χ3n) is 3.50. The van der Waals surface area contributed by atoms with Crippen molar-refractivity contribution in [3.8, 4) is 0 Å². The normalized spacial score (nSPS) is 16.7. The summed E-state index contributed by atoms with van der Waals surface area (Å²) in [5, 5.41) is 9.88. The molecule has 6 nitrogen and oxygen atoms in total. The van der Waals surface area contributed by atoms with Crippen LogP contribution >= 0.6 is 0 Å². The second-order valence-electron chi connectivity index (χ2n) is 4.91. The van der Waals surface area contributed by atoms with Crippen molar-refractivity contribution in [1.29, 1.82) is 0 Å². The number of H-pyrrole nitrogens is 1. The number of piperidine rings is 1. The van der Waals surface area contributed by atoms with E-state index in [9.17, 15) is 4.79 Å². The van der Waals surface area contributed by atoms with Gasteiger partial charge in [0, 0.05) is 13.5 Å². The molecule has 100 valence electrons. The van der Waals surface area contributed by atoms with Crippen molar-refractivity contribution in [2.24, 2.45) is 5.92 Å². The Labute approximate surface area is 107 Å². The maximum atomic E-state index is 12.0. The molecule has 2 rings (SSSR count). The van der Waals surface area contributed by atoms with Crippen LogP contribution in [-0.4, -0.2) is 46.1 Å². The summed E-state index contributed by atoms with van der Waals surface area (Å²) in [6.45, 7) is 2.69. The second-order valence-corrected chi connectivity index (χ2v) is 4.91. The Morgan fingerprint density at radius 2 is 2.28 bits per heavy atom. The Bertz CT molecular complexity index is 359. The molecule has 0 spiro atoms. The highest BCUT2D eigenvalue weighted by Crippen LogP contribution is 2.18. The molecule has 0 aromatic carbocycles. The van der Waals surface area contributed by atoms with Gasteiger partial charge in [-0.15, -0.1) is 0 Å². The standard InChI is InChI=1S/C12H21N5O/c1-17(8-11-14-9-15-16-11)12(18)3-2-10-4-6-13-7-5-10/h9-10,13H,2-8H2,1H3,(H,14,15,16). The summed E-state index contributed by atoms with van der Waals surface area (Å²) in [6, 6.07) is 0. The average Bonchev–Trinajstić information content (AvgIpc) is 2.90. The van der Waals surface area contributed by atoms with Crippen LogP contribution in [0.5, 0.6) is 0 Å². The summed E-state index contributed by atoms with van der Waals surface area (Å²) in [7, 11) is 1.81. The molecule has 2 heterocycles. The van der Waals surface area contributed by atoms with Crippen molar-refractivity contribution in [3.05, 3.63) is 12.2 Å². The summed E-state index contributed by atoms with van der Waals surface area (Å²) < 4.78 is 0. The van der Waals surface area contributed by atoms with E-state index >= 15 is 0 Å². The number of nitrogens with one attached hydrogen (secondary N) is 2. The minimum atomic E-state index is 0.185. The molecule has 1 aliphatic heterocycles. The van der Waals surface area contributed by atoms with Gasteiger partial charge in [-0.05, 0) is 38.3 Å². The van der Waals surface area contributed by atoms with Gasteiger partial charge in [0.05, 0.1) is 6.54 Å². The lowest BCUT2D eigenvalue weighted by Gasteiger charge is -2.23. The molecule has 0 saturated carbocycles. The molecule has 1 fully saturated rings. The van der Waals surface area contributed by atoms with Crippen molar-refractivity contribution in [2.75, 3.05) is 20.1 Å². The summed E-state index contributed by atoms with van der Waals surface area (Å²) >= 11 is 0. The third kappa shape index (κ3) is 3.80. The first-order valence-electron chi connectivity index (χ1n) is 6.54. The van der Waals surface area contributed by atoms with Gasteiger partial charge in [-0.3, -0.25) is 9.89 Å². The zero-order valence-corrected chi connectivity index (χ0v) is 10.9. The third-order valence-corrected chi connectivity index (χ3v) is 3.50. The van der Waals surface area contributed by atoms with E-state index in [1.807, 2.05) is 7.05 Å². The van der Waals surface area contributed by atoms with Crippen molar-refractivity contribution in [1.82, 2.24) is 25.4 Å². The summed E-state index contributed by atoms with van der Waals surface area (Å²) in [6.07, 6.45) is 5.48. The fraction of sp³-hybridized carbons (Fsp3) is 0.750. The van der Waals surface area contributed by atoms with E-state index in [1.54, 1.807) is 4.90 Å². The zero-order chi connectivity index (χ0) is 12.8. The number of aromatic amines is 1. The molecule has 6 heteroatoms. The minimum Gasteiger partial charge on any atom is -0.338 e. The van der Waals surface area contributed by atoms with E-state index in [0.717, 1.165) is 25.3 Å². The largest absolute Gasteiger partial charge is 0.338 e. The van der Waals surface area contributed by atoms with Gasteiger partial charge >= 0.3 is 0 Å².